The van der Waals surface area contributed by atoms with Crippen molar-refractivity contribution in [3.8, 4) is 0 Å². The number of fused-ring (bicyclic) bond motifs is 1. The van der Waals surface area contributed by atoms with E-state index in [1.807, 2.05) is 0 Å². The third-order valence-corrected chi connectivity index (χ3v) is 3.53. The van der Waals surface area contributed by atoms with E-state index in [-0.39, 0.29) is 11.7 Å². The number of hydrogen-bond donors (Lipinski definition) is 1. The van der Waals surface area contributed by atoms with E-state index in [4.69, 9.17) is 0 Å². The van der Waals surface area contributed by atoms with Crippen molar-refractivity contribution in [3.05, 3.63) is 17.6 Å². The van der Waals surface area contributed by atoms with Crippen molar-refractivity contribution in [2.24, 2.45) is 0 Å². The number of aromatic nitrogens is 2. The number of hydrogen-bond acceptors (Lipinski definition) is 5. The van der Waals surface area contributed by atoms with E-state index in [0.29, 0.717) is 12.1 Å². The van der Waals surface area contributed by atoms with Gasteiger partial charge in [0.25, 0.3) is 0 Å². The number of Topliss-reactive ketones (excluding diaryl/α,β-unsaturated/α-hetero) is 1. The Hall–Kier alpha value is -1.49. The number of rotatable bonds is 1. The Bertz CT molecular complexity index is 454. The van der Waals surface area contributed by atoms with Crippen LogP contribution in [0, 0.1) is 0 Å². The van der Waals surface area contributed by atoms with Gasteiger partial charge in [0.15, 0.2) is 5.78 Å². The molecule has 1 fully saturated rings. The third-order valence-electron chi connectivity index (χ3n) is 3.53. The van der Waals surface area contributed by atoms with Crippen molar-refractivity contribution < 1.29 is 4.79 Å². The van der Waals surface area contributed by atoms with Crippen LogP contribution >= 0.6 is 0 Å². The summed E-state index contributed by atoms with van der Waals surface area (Å²) in [4.78, 5) is 22.6. The van der Waals surface area contributed by atoms with Gasteiger partial charge in [-0.3, -0.25) is 4.79 Å². The first-order valence-corrected chi connectivity index (χ1v) is 6.11. The second-order valence-corrected chi connectivity index (χ2v) is 4.72. The van der Waals surface area contributed by atoms with Crippen LogP contribution in [-0.2, 0) is 0 Å². The standard InChI is InChI=1S/C12H16N4O/c1-8-6-9(17)11-10(8)12(15-7-14-11)16-4-2-13-3-5-16/h7-8,13H,2-6H2,1H3. The highest BCUT2D eigenvalue weighted by Crippen LogP contribution is 2.36. The molecule has 1 aliphatic carbocycles. The summed E-state index contributed by atoms with van der Waals surface area (Å²) in [5.41, 5.74) is 1.69. The van der Waals surface area contributed by atoms with E-state index in [9.17, 15) is 4.79 Å². The SMILES string of the molecule is CC1CC(=O)c2ncnc(N3CCNCC3)c21. The fourth-order valence-corrected chi connectivity index (χ4v) is 2.67. The van der Waals surface area contributed by atoms with Gasteiger partial charge in [-0.2, -0.15) is 0 Å². The van der Waals surface area contributed by atoms with E-state index in [0.717, 1.165) is 37.6 Å². The maximum atomic E-state index is 11.8. The summed E-state index contributed by atoms with van der Waals surface area (Å²) in [6.07, 6.45) is 2.10. The lowest BCUT2D eigenvalue weighted by atomic mass is 10.1. The zero-order valence-electron chi connectivity index (χ0n) is 9.94. The lowest BCUT2D eigenvalue weighted by Gasteiger charge is -2.30. The second kappa shape index (κ2) is 4.07. The Balaban J connectivity index is 2.03. The number of ketones is 1. The summed E-state index contributed by atoms with van der Waals surface area (Å²) in [6, 6.07) is 0. The second-order valence-electron chi connectivity index (χ2n) is 4.72. The molecule has 0 aromatic carbocycles. The zero-order valence-corrected chi connectivity index (χ0v) is 9.94. The van der Waals surface area contributed by atoms with E-state index in [1.165, 1.54) is 6.33 Å². The molecule has 0 spiro atoms. The molecule has 1 saturated heterocycles. The number of nitrogens with zero attached hydrogens (tertiary/aromatic N) is 3. The number of carbonyl (C=O) groups is 1. The summed E-state index contributed by atoms with van der Waals surface area (Å²) in [5.74, 6) is 1.38. The predicted molar refractivity (Wildman–Crippen MR) is 64.5 cm³/mol. The van der Waals surface area contributed by atoms with E-state index >= 15 is 0 Å². The molecule has 0 bridgehead atoms. The molecule has 2 heterocycles. The zero-order chi connectivity index (χ0) is 11.8. The molecule has 2 aliphatic rings. The molecule has 1 unspecified atom stereocenters. The molecule has 3 rings (SSSR count). The molecule has 17 heavy (non-hydrogen) atoms. The number of piperazine rings is 1. The summed E-state index contributed by atoms with van der Waals surface area (Å²) < 4.78 is 0. The monoisotopic (exact) mass is 232 g/mol. The van der Waals surface area contributed by atoms with E-state index in [1.54, 1.807) is 0 Å². The Morgan fingerprint density at radius 3 is 2.88 bits per heavy atom. The van der Waals surface area contributed by atoms with Crippen LogP contribution in [0.2, 0.25) is 0 Å². The van der Waals surface area contributed by atoms with Crippen LogP contribution in [0.25, 0.3) is 0 Å². The third kappa shape index (κ3) is 1.70. The van der Waals surface area contributed by atoms with Gasteiger partial charge in [0.05, 0.1) is 0 Å². The van der Waals surface area contributed by atoms with Crippen molar-refractivity contribution in [1.82, 2.24) is 15.3 Å². The Morgan fingerprint density at radius 2 is 2.12 bits per heavy atom. The van der Waals surface area contributed by atoms with Gasteiger partial charge in [0, 0.05) is 38.2 Å². The lowest BCUT2D eigenvalue weighted by Crippen LogP contribution is -2.44. The van der Waals surface area contributed by atoms with Crippen molar-refractivity contribution in [1.29, 1.82) is 0 Å². The van der Waals surface area contributed by atoms with Crippen LogP contribution in [0.1, 0.15) is 35.3 Å². The molecule has 0 radical (unpaired) electrons. The van der Waals surface area contributed by atoms with Gasteiger partial charge in [-0.15, -0.1) is 0 Å². The normalized spacial score (nSPS) is 23.9. The molecular weight excluding hydrogens is 216 g/mol. The Labute approximate surface area is 100 Å². The minimum absolute atomic E-state index is 0.159. The highest BCUT2D eigenvalue weighted by atomic mass is 16.1. The molecule has 0 saturated carbocycles. The molecule has 5 nitrogen and oxygen atoms in total. The summed E-state index contributed by atoms with van der Waals surface area (Å²) in [7, 11) is 0. The van der Waals surface area contributed by atoms with Crippen LogP contribution in [0.4, 0.5) is 5.82 Å². The number of anilines is 1. The molecular formula is C12H16N4O. The van der Waals surface area contributed by atoms with E-state index < -0.39 is 0 Å². The Kier molecular flexibility index (Phi) is 2.55. The summed E-state index contributed by atoms with van der Waals surface area (Å²) >= 11 is 0. The van der Waals surface area contributed by atoms with Crippen molar-refractivity contribution in [2.45, 2.75) is 19.3 Å². The minimum Gasteiger partial charge on any atom is -0.354 e. The fourth-order valence-electron chi connectivity index (χ4n) is 2.67. The molecule has 1 aromatic rings. The molecule has 1 N–H and O–H groups in total. The molecule has 1 aromatic heterocycles. The highest BCUT2D eigenvalue weighted by Gasteiger charge is 2.32. The largest absolute Gasteiger partial charge is 0.354 e. The molecule has 1 atom stereocenters. The fraction of sp³-hybridized carbons (Fsp3) is 0.583. The molecule has 90 valence electrons. The van der Waals surface area contributed by atoms with Crippen molar-refractivity contribution in [2.75, 3.05) is 31.1 Å². The van der Waals surface area contributed by atoms with Crippen LogP contribution in [0.5, 0.6) is 0 Å². The van der Waals surface area contributed by atoms with Crippen LogP contribution in [0.15, 0.2) is 6.33 Å². The quantitative estimate of drug-likeness (QED) is 0.767. The van der Waals surface area contributed by atoms with Gasteiger partial charge < -0.3 is 10.2 Å². The van der Waals surface area contributed by atoms with Crippen LogP contribution in [-0.4, -0.2) is 41.9 Å². The molecule has 5 heteroatoms. The summed E-state index contributed by atoms with van der Waals surface area (Å²) in [5, 5.41) is 3.32. The molecule has 1 aliphatic heterocycles. The van der Waals surface area contributed by atoms with Gasteiger partial charge in [-0.25, -0.2) is 9.97 Å². The summed E-state index contributed by atoms with van der Waals surface area (Å²) in [6.45, 7) is 5.93. The average molecular weight is 232 g/mol. The first-order valence-electron chi connectivity index (χ1n) is 6.11. The van der Waals surface area contributed by atoms with Gasteiger partial charge in [0.2, 0.25) is 0 Å². The van der Waals surface area contributed by atoms with E-state index in [2.05, 4.69) is 27.1 Å². The lowest BCUT2D eigenvalue weighted by molar-refractivity contribution is 0.0986. The number of nitrogens with one attached hydrogen (secondary N) is 1. The first kappa shape index (κ1) is 10.7. The maximum Gasteiger partial charge on any atom is 0.182 e. The van der Waals surface area contributed by atoms with Crippen LogP contribution in [0.3, 0.4) is 0 Å². The highest BCUT2D eigenvalue weighted by molar-refractivity contribution is 6.00. The van der Waals surface area contributed by atoms with Gasteiger partial charge >= 0.3 is 0 Å². The topological polar surface area (TPSA) is 58.1 Å². The first-order chi connectivity index (χ1) is 8.27. The maximum absolute atomic E-state index is 11.8. The van der Waals surface area contributed by atoms with Gasteiger partial charge in [0.1, 0.15) is 17.8 Å². The average Bonchev–Trinajstić information content (AvgIpc) is 2.66. The predicted octanol–water partition coefficient (Wildman–Crippen LogP) is 0.576. The minimum atomic E-state index is 0.159. The molecule has 0 amide bonds. The van der Waals surface area contributed by atoms with Gasteiger partial charge in [-0.05, 0) is 5.92 Å². The number of carbonyl (C=O) groups excluding carboxylic acids is 1. The Morgan fingerprint density at radius 1 is 1.35 bits per heavy atom. The van der Waals surface area contributed by atoms with Crippen molar-refractivity contribution >= 4 is 11.6 Å². The van der Waals surface area contributed by atoms with Gasteiger partial charge in [-0.1, -0.05) is 6.92 Å². The van der Waals surface area contributed by atoms with Crippen molar-refractivity contribution in [3.63, 3.8) is 0 Å². The van der Waals surface area contributed by atoms with Crippen LogP contribution < -0.4 is 10.2 Å². The smallest absolute Gasteiger partial charge is 0.182 e.